The van der Waals surface area contributed by atoms with Crippen LogP contribution in [-0.4, -0.2) is 94.4 Å². The number of aliphatic imine (C=N–C) groups is 1. The quantitative estimate of drug-likeness (QED) is 0.171. The highest BCUT2D eigenvalue weighted by molar-refractivity contribution is 5.98. The average Bonchev–Trinajstić information content (AvgIpc) is 3.60. The molecule has 0 radical (unpaired) electrons. The van der Waals surface area contributed by atoms with E-state index >= 15 is 0 Å². The Bertz CT molecular complexity index is 1310. The Morgan fingerprint density at radius 3 is 2.78 bits per heavy atom. The lowest BCUT2D eigenvalue weighted by atomic mass is 9.79. The maximum absolute atomic E-state index is 13.6. The van der Waals surface area contributed by atoms with Gasteiger partial charge >= 0.3 is 12.1 Å². The third kappa shape index (κ3) is 4.31. The third-order valence-electron chi connectivity index (χ3n) is 9.18. The first-order valence-electron chi connectivity index (χ1n) is 14.2. The number of carbonyl (C=O) groups is 2. The second kappa shape index (κ2) is 9.65. The van der Waals surface area contributed by atoms with E-state index in [0.717, 1.165) is 37.7 Å². The second-order valence-electron chi connectivity index (χ2n) is 12.2. The van der Waals surface area contributed by atoms with Crippen LogP contribution in [0.3, 0.4) is 0 Å². The Labute approximate surface area is 237 Å². The van der Waals surface area contributed by atoms with Crippen LogP contribution in [0.5, 0.6) is 5.75 Å². The second-order valence-corrected chi connectivity index (χ2v) is 12.2. The molecule has 41 heavy (non-hydrogen) atoms. The van der Waals surface area contributed by atoms with Gasteiger partial charge < -0.3 is 36.1 Å². The number of aliphatic hydroxyl groups is 2. The minimum absolute atomic E-state index is 0.00481. The van der Waals surface area contributed by atoms with Gasteiger partial charge in [0.05, 0.1) is 18.7 Å². The smallest absolute Gasteiger partial charge is 0.407 e. The fraction of sp³-hybridized carbons (Fsp3) is 0.630. The predicted octanol–water partition coefficient (Wildman–Crippen LogP) is -2.73. The number of hydrogen-bond donors (Lipinski definition) is 8. The summed E-state index contributed by atoms with van der Waals surface area (Å²) in [6.45, 7) is 4.59. The fourth-order valence-electron chi connectivity index (χ4n) is 6.91. The molecule has 1 saturated heterocycles. The van der Waals surface area contributed by atoms with E-state index in [9.17, 15) is 19.8 Å². The van der Waals surface area contributed by atoms with Gasteiger partial charge in [0.15, 0.2) is 12.0 Å². The molecule has 4 aliphatic heterocycles. The van der Waals surface area contributed by atoms with Crippen molar-refractivity contribution in [3.63, 3.8) is 0 Å². The van der Waals surface area contributed by atoms with Crippen LogP contribution < -0.4 is 37.1 Å². The standard InChI is InChI=1S/C27H38N8O6/c1-25(2)10-11-40-19-15(8-5-9-16(19)25)21(36)32-18-13-35-23(29)31-17(12-30-24(37)41-14-6-3-4-7-14)20-26(35,27(18,38)39)34-22(28)33-20/h5,8-9,14,17-18,20,38-39H,3-4,6-7,10-13H2,1-2H3,(H2,29,31)(H,30,37)(H,32,36)(H3,28,33,34)/p+1/t17-,18?,20-,26-/m0/s1. The van der Waals surface area contributed by atoms with Gasteiger partial charge in [-0.1, -0.05) is 26.0 Å². The molecule has 4 heterocycles. The molecule has 2 amide bonds. The summed E-state index contributed by atoms with van der Waals surface area (Å²) in [5, 5.41) is 31.9. The van der Waals surface area contributed by atoms with E-state index in [-0.39, 0.29) is 36.5 Å². The van der Waals surface area contributed by atoms with Crippen molar-refractivity contribution in [3.8, 4) is 5.75 Å². The minimum atomic E-state index is -2.57. The highest BCUT2D eigenvalue weighted by Gasteiger charge is 2.76. The number of para-hydroxylation sites is 1. The summed E-state index contributed by atoms with van der Waals surface area (Å²) in [6, 6.07) is 2.62. The number of benzene rings is 1. The number of nitrogens with two attached hydrogens (primary N) is 2. The summed E-state index contributed by atoms with van der Waals surface area (Å²) in [5.74, 6) is -2.51. The molecule has 4 atom stereocenters. The molecule has 6 rings (SSSR count). The van der Waals surface area contributed by atoms with E-state index in [1.54, 1.807) is 12.1 Å². The Kier molecular flexibility index (Phi) is 6.45. The monoisotopic (exact) mass is 571 g/mol. The van der Waals surface area contributed by atoms with Crippen LogP contribution in [0.25, 0.3) is 0 Å². The number of guanidine groups is 2. The molecule has 1 aromatic carbocycles. The van der Waals surface area contributed by atoms with Crippen molar-refractivity contribution in [2.45, 2.75) is 87.0 Å². The molecule has 1 aliphatic carbocycles. The normalized spacial score (nSPS) is 31.0. The van der Waals surface area contributed by atoms with Crippen molar-refractivity contribution < 1.29 is 34.3 Å². The molecule has 2 fully saturated rings. The van der Waals surface area contributed by atoms with Crippen LogP contribution in [-0.2, 0) is 10.2 Å². The van der Waals surface area contributed by atoms with Crippen LogP contribution in [0.2, 0.25) is 0 Å². The van der Waals surface area contributed by atoms with Crippen LogP contribution in [0.1, 0.15) is 61.9 Å². The summed E-state index contributed by atoms with van der Waals surface area (Å²) in [7, 11) is 0. The molecule has 5 aliphatic rings. The summed E-state index contributed by atoms with van der Waals surface area (Å²) < 4.78 is 11.4. The van der Waals surface area contributed by atoms with Crippen molar-refractivity contribution in [2.24, 2.45) is 16.5 Å². The van der Waals surface area contributed by atoms with Crippen molar-refractivity contribution in [1.82, 2.24) is 20.9 Å². The van der Waals surface area contributed by atoms with E-state index in [1.165, 1.54) is 4.90 Å². The Morgan fingerprint density at radius 1 is 1.27 bits per heavy atom. The molecule has 10 N–H and O–H groups in total. The Hall–Kier alpha value is -3.78. The van der Waals surface area contributed by atoms with Crippen molar-refractivity contribution in [3.05, 3.63) is 29.3 Å². The fourth-order valence-corrected chi connectivity index (χ4v) is 6.91. The van der Waals surface area contributed by atoms with Gasteiger partial charge in [-0.3, -0.25) is 20.4 Å². The maximum atomic E-state index is 13.6. The van der Waals surface area contributed by atoms with Gasteiger partial charge in [0.2, 0.25) is 5.79 Å². The van der Waals surface area contributed by atoms with Crippen LogP contribution >= 0.6 is 0 Å². The maximum Gasteiger partial charge on any atom is 0.407 e. The summed E-state index contributed by atoms with van der Waals surface area (Å²) >= 11 is 0. The molecule has 1 saturated carbocycles. The number of nitrogens with one attached hydrogen (secondary N) is 4. The number of ether oxygens (including phenoxy) is 2. The lowest BCUT2D eigenvalue weighted by Crippen LogP contribution is -2.90. The zero-order chi connectivity index (χ0) is 29.2. The number of carbonyl (C=O) groups excluding carboxylic acids is 2. The minimum Gasteiger partial charge on any atom is -0.492 e. The highest BCUT2D eigenvalue weighted by Crippen LogP contribution is 2.43. The largest absolute Gasteiger partial charge is 0.492 e. The molecule has 1 spiro atoms. The van der Waals surface area contributed by atoms with Crippen LogP contribution in [0.4, 0.5) is 4.79 Å². The van der Waals surface area contributed by atoms with Crippen molar-refractivity contribution in [2.75, 3.05) is 19.7 Å². The first-order chi connectivity index (χ1) is 19.4. The summed E-state index contributed by atoms with van der Waals surface area (Å²) in [4.78, 5) is 35.1. The topological polar surface area (TPSA) is 211 Å². The Balaban J connectivity index is 1.23. The Morgan fingerprint density at radius 2 is 2.02 bits per heavy atom. The van der Waals surface area contributed by atoms with Gasteiger partial charge in [0, 0.05) is 12.1 Å². The van der Waals surface area contributed by atoms with E-state index in [2.05, 4.69) is 39.8 Å². The highest BCUT2D eigenvalue weighted by atomic mass is 16.6. The van der Waals surface area contributed by atoms with Crippen LogP contribution in [0, 0.1) is 0 Å². The molecule has 14 nitrogen and oxygen atoms in total. The third-order valence-corrected chi connectivity index (χ3v) is 9.18. The number of rotatable bonds is 5. The molecule has 1 unspecified atom stereocenters. The first-order valence-corrected chi connectivity index (χ1v) is 14.2. The summed E-state index contributed by atoms with van der Waals surface area (Å²) in [5.41, 5.74) is 11.8. The van der Waals surface area contributed by atoms with E-state index in [0.29, 0.717) is 17.9 Å². The lowest BCUT2D eigenvalue weighted by molar-refractivity contribution is -0.521. The molecule has 0 aromatic heterocycles. The van der Waals surface area contributed by atoms with Gasteiger partial charge in [-0.2, -0.15) is 0 Å². The molecule has 14 heteroatoms. The summed E-state index contributed by atoms with van der Waals surface area (Å²) in [6.07, 6.45) is 3.85. The van der Waals surface area contributed by atoms with Crippen LogP contribution in [0.15, 0.2) is 23.2 Å². The van der Waals surface area contributed by atoms with Gasteiger partial charge in [-0.15, -0.1) is 0 Å². The van der Waals surface area contributed by atoms with E-state index in [4.69, 9.17) is 20.9 Å². The van der Waals surface area contributed by atoms with Crippen molar-refractivity contribution >= 4 is 23.9 Å². The first kappa shape index (κ1) is 27.4. The molecular formula is C27H39N8O6+. The van der Waals surface area contributed by atoms with Gasteiger partial charge in [0.1, 0.15) is 23.9 Å². The number of alkyl carbamates (subject to hydrolysis) is 1. The lowest BCUT2D eigenvalue weighted by Gasteiger charge is -2.46. The number of hydrogen-bond acceptors (Lipinski definition) is 11. The zero-order valence-electron chi connectivity index (χ0n) is 23.3. The molecule has 222 valence electrons. The van der Waals surface area contributed by atoms with Gasteiger partial charge in [-0.25, -0.2) is 15.1 Å². The average molecular weight is 572 g/mol. The van der Waals surface area contributed by atoms with Crippen molar-refractivity contribution in [1.29, 1.82) is 0 Å². The SMILES string of the molecule is CC1(C)CCOc2c(C(=O)NC3CN4C(N)=N[C@@H](CNC(=O)OC5CCCC5)[C@@H]5[NH+]=C(N)N[C@@]54C3(O)O)cccc21. The predicted molar refractivity (Wildman–Crippen MR) is 147 cm³/mol. The zero-order valence-corrected chi connectivity index (χ0v) is 23.3. The number of amides is 2. The van der Waals surface area contributed by atoms with E-state index in [1.807, 2.05) is 6.07 Å². The van der Waals surface area contributed by atoms with Gasteiger partial charge in [-0.05, 0) is 43.6 Å². The van der Waals surface area contributed by atoms with Gasteiger partial charge in [0.25, 0.3) is 11.6 Å². The molecule has 0 bridgehead atoms. The number of fused-ring (bicyclic) bond motifs is 1. The molecular weight excluding hydrogens is 532 g/mol. The number of nitrogens with zero attached hydrogens (tertiary/aromatic N) is 2. The van der Waals surface area contributed by atoms with E-state index < -0.39 is 41.6 Å². The molecule has 1 aromatic rings.